The first kappa shape index (κ1) is 20.2. The molecule has 0 saturated carbocycles. The monoisotopic (exact) mass is 433 g/mol. The van der Waals surface area contributed by atoms with Gasteiger partial charge in [0.25, 0.3) is 0 Å². The first-order chi connectivity index (χ1) is 15.7. The molecule has 4 heterocycles. The number of nitrogens with one attached hydrogen (secondary N) is 2. The molecule has 0 unspecified atom stereocenters. The van der Waals surface area contributed by atoms with Gasteiger partial charge in [-0.25, -0.2) is 23.7 Å². The minimum absolute atomic E-state index is 0.279. The molecule has 162 valence electrons. The van der Waals surface area contributed by atoms with Crippen molar-refractivity contribution in [2.24, 2.45) is 0 Å². The van der Waals surface area contributed by atoms with Crippen molar-refractivity contribution in [3.63, 3.8) is 0 Å². The summed E-state index contributed by atoms with van der Waals surface area (Å²) in [6.45, 7) is 1.79. The van der Waals surface area contributed by atoms with E-state index >= 15 is 0 Å². The SMILES string of the molecule is FCCN1CC(Nc2ccc(Nc3ncc4ccnc(-c5ccccc5F)c4n3)cn2)C1. The molecule has 0 radical (unpaired) electrons. The zero-order valence-corrected chi connectivity index (χ0v) is 17.2. The number of benzene rings is 1. The maximum absolute atomic E-state index is 14.3. The van der Waals surface area contributed by atoms with E-state index in [1.54, 1.807) is 42.9 Å². The van der Waals surface area contributed by atoms with Gasteiger partial charge in [0.15, 0.2) is 0 Å². The van der Waals surface area contributed by atoms with Gasteiger partial charge < -0.3 is 10.6 Å². The predicted octanol–water partition coefficient (Wildman–Crippen LogP) is 4.04. The molecule has 2 N–H and O–H groups in total. The van der Waals surface area contributed by atoms with Crippen LogP contribution in [0, 0.1) is 5.82 Å². The van der Waals surface area contributed by atoms with Gasteiger partial charge in [0.1, 0.15) is 23.8 Å². The molecule has 3 aromatic heterocycles. The van der Waals surface area contributed by atoms with Gasteiger partial charge in [0.05, 0.1) is 23.6 Å². The van der Waals surface area contributed by atoms with Crippen LogP contribution >= 0.6 is 0 Å². The molecule has 1 fully saturated rings. The van der Waals surface area contributed by atoms with Crippen LogP contribution in [-0.2, 0) is 0 Å². The third-order valence-electron chi connectivity index (χ3n) is 5.36. The van der Waals surface area contributed by atoms with Gasteiger partial charge in [0.2, 0.25) is 5.95 Å². The summed E-state index contributed by atoms with van der Waals surface area (Å²) in [7, 11) is 0. The lowest BCUT2D eigenvalue weighted by Gasteiger charge is -2.39. The maximum Gasteiger partial charge on any atom is 0.227 e. The smallest absolute Gasteiger partial charge is 0.227 e. The highest BCUT2D eigenvalue weighted by Crippen LogP contribution is 2.28. The van der Waals surface area contributed by atoms with Gasteiger partial charge in [-0.3, -0.25) is 9.88 Å². The van der Waals surface area contributed by atoms with Crippen LogP contribution in [0.1, 0.15) is 0 Å². The predicted molar refractivity (Wildman–Crippen MR) is 120 cm³/mol. The van der Waals surface area contributed by atoms with Crippen molar-refractivity contribution in [1.82, 2.24) is 24.8 Å². The standard InChI is InChI=1S/C23H21F2N7/c24-8-10-32-13-17(14-32)29-20-6-5-16(12-27-20)30-23-28-11-15-7-9-26-22(21(15)31-23)18-3-1-2-4-19(18)25/h1-7,9,11-12,17H,8,10,13-14H2,(H,27,29)(H,28,30,31). The molecule has 1 aliphatic heterocycles. The first-order valence-corrected chi connectivity index (χ1v) is 10.3. The van der Waals surface area contributed by atoms with E-state index in [2.05, 4.69) is 35.5 Å². The Labute approximate surface area is 183 Å². The number of anilines is 3. The van der Waals surface area contributed by atoms with Gasteiger partial charge in [-0.05, 0) is 30.3 Å². The molecule has 0 atom stereocenters. The fourth-order valence-electron chi connectivity index (χ4n) is 3.72. The molecule has 1 aliphatic rings. The lowest BCUT2D eigenvalue weighted by Crippen LogP contribution is -2.55. The second-order valence-electron chi connectivity index (χ2n) is 7.62. The largest absolute Gasteiger partial charge is 0.365 e. The van der Waals surface area contributed by atoms with Crippen LogP contribution in [0.4, 0.5) is 26.2 Å². The molecule has 1 saturated heterocycles. The number of hydrogen-bond acceptors (Lipinski definition) is 7. The average molecular weight is 433 g/mol. The number of alkyl halides is 1. The molecule has 7 nitrogen and oxygen atoms in total. The van der Waals surface area contributed by atoms with E-state index in [0.717, 1.165) is 30.0 Å². The number of aromatic nitrogens is 4. The molecule has 0 aliphatic carbocycles. The summed E-state index contributed by atoms with van der Waals surface area (Å²) in [5.74, 6) is 0.768. The molecule has 0 bridgehead atoms. The summed E-state index contributed by atoms with van der Waals surface area (Å²) < 4.78 is 26.7. The second kappa shape index (κ2) is 8.80. The number of halogens is 2. The second-order valence-corrected chi connectivity index (χ2v) is 7.62. The number of likely N-dealkylation sites (tertiary alicyclic amines) is 1. The van der Waals surface area contributed by atoms with Crippen molar-refractivity contribution in [1.29, 1.82) is 0 Å². The van der Waals surface area contributed by atoms with Gasteiger partial charge >= 0.3 is 0 Å². The Balaban J connectivity index is 1.32. The summed E-state index contributed by atoms with van der Waals surface area (Å²) in [6, 6.07) is 12.3. The van der Waals surface area contributed by atoms with Crippen molar-refractivity contribution < 1.29 is 8.78 Å². The summed E-state index contributed by atoms with van der Waals surface area (Å²) in [5, 5.41) is 7.24. The van der Waals surface area contributed by atoms with E-state index in [4.69, 9.17) is 0 Å². The molecule has 0 amide bonds. The molecule has 32 heavy (non-hydrogen) atoms. The molecule has 0 spiro atoms. The molecule has 1 aromatic carbocycles. The molecule has 5 rings (SSSR count). The number of nitrogens with zero attached hydrogens (tertiary/aromatic N) is 5. The maximum atomic E-state index is 14.3. The van der Waals surface area contributed by atoms with Crippen LogP contribution in [0.15, 0.2) is 61.1 Å². The minimum atomic E-state index is -0.354. The summed E-state index contributed by atoms with van der Waals surface area (Å²) in [5.41, 5.74) is 2.13. The fraction of sp³-hybridized carbons (Fsp3) is 0.217. The summed E-state index contributed by atoms with van der Waals surface area (Å²) in [4.78, 5) is 19.8. The van der Waals surface area contributed by atoms with Gasteiger partial charge in [-0.1, -0.05) is 12.1 Å². The van der Waals surface area contributed by atoms with Crippen LogP contribution < -0.4 is 10.6 Å². The third kappa shape index (κ3) is 4.19. The Bertz CT molecular complexity index is 1230. The Morgan fingerprint density at radius 2 is 1.88 bits per heavy atom. The van der Waals surface area contributed by atoms with E-state index in [0.29, 0.717) is 29.3 Å². The lowest BCUT2D eigenvalue weighted by atomic mass is 10.1. The highest BCUT2D eigenvalue weighted by Gasteiger charge is 2.26. The number of hydrogen-bond donors (Lipinski definition) is 2. The molecule has 4 aromatic rings. The third-order valence-corrected chi connectivity index (χ3v) is 5.36. The van der Waals surface area contributed by atoms with Crippen molar-refractivity contribution >= 4 is 28.4 Å². The van der Waals surface area contributed by atoms with Crippen molar-refractivity contribution in [3.8, 4) is 11.3 Å². The van der Waals surface area contributed by atoms with Crippen molar-refractivity contribution in [2.45, 2.75) is 6.04 Å². The summed E-state index contributed by atoms with van der Waals surface area (Å²) >= 11 is 0. The van der Waals surface area contributed by atoms with Crippen molar-refractivity contribution in [2.75, 3.05) is 36.9 Å². The quantitative estimate of drug-likeness (QED) is 0.455. The van der Waals surface area contributed by atoms with Gasteiger partial charge in [-0.2, -0.15) is 0 Å². The van der Waals surface area contributed by atoms with Crippen LogP contribution in [0.3, 0.4) is 0 Å². The van der Waals surface area contributed by atoms with Crippen molar-refractivity contribution in [3.05, 3.63) is 66.9 Å². The highest BCUT2D eigenvalue weighted by atomic mass is 19.1. The minimum Gasteiger partial charge on any atom is -0.365 e. The normalized spacial score (nSPS) is 14.3. The van der Waals surface area contributed by atoms with Crippen LogP contribution in [-0.4, -0.2) is 57.2 Å². The van der Waals surface area contributed by atoms with E-state index in [1.807, 2.05) is 12.1 Å². The fourth-order valence-corrected chi connectivity index (χ4v) is 3.72. The van der Waals surface area contributed by atoms with Gasteiger partial charge in [-0.15, -0.1) is 0 Å². The zero-order chi connectivity index (χ0) is 21.9. The number of fused-ring (bicyclic) bond motifs is 1. The number of rotatable bonds is 7. The topological polar surface area (TPSA) is 78.9 Å². The Kier molecular flexibility index (Phi) is 5.55. The van der Waals surface area contributed by atoms with E-state index in [1.165, 1.54) is 6.07 Å². The first-order valence-electron chi connectivity index (χ1n) is 10.3. The van der Waals surface area contributed by atoms with E-state index in [-0.39, 0.29) is 18.5 Å². The zero-order valence-electron chi connectivity index (χ0n) is 17.2. The van der Waals surface area contributed by atoms with Crippen LogP contribution in [0.5, 0.6) is 0 Å². The molecule has 9 heteroatoms. The van der Waals surface area contributed by atoms with E-state index in [9.17, 15) is 8.78 Å². The highest BCUT2D eigenvalue weighted by molar-refractivity contribution is 5.91. The van der Waals surface area contributed by atoms with E-state index < -0.39 is 0 Å². The van der Waals surface area contributed by atoms with Crippen LogP contribution in [0.25, 0.3) is 22.2 Å². The lowest BCUT2D eigenvalue weighted by molar-refractivity contribution is 0.149. The van der Waals surface area contributed by atoms with Gasteiger partial charge in [0, 0.05) is 43.0 Å². The Morgan fingerprint density at radius 1 is 1.00 bits per heavy atom. The number of pyridine rings is 2. The van der Waals surface area contributed by atoms with Crippen LogP contribution in [0.2, 0.25) is 0 Å². The average Bonchev–Trinajstić information content (AvgIpc) is 2.79. The Hall–Kier alpha value is -3.72. The molecular formula is C23H21F2N7. The molecular weight excluding hydrogens is 412 g/mol. The Morgan fingerprint density at radius 3 is 2.66 bits per heavy atom. The summed E-state index contributed by atoms with van der Waals surface area (Å²) in [6.07, 6.45) is 4.99.